The van der Waals surface area contributed by atoms with Crippen LogP contribution < -0.4 is 0 Å². The molecule has 0 amide bonds. The van der Waals surface area contributed by atoms with Crippen molar-refractivity contribution in [2.75, 3.05) is 0 Å². The van der Waals surface area contributed by atoms with E-state index in [2.05, 4.69) is 33.8 Å². The topological polar surface area (TPSA) is 47.2 Å². The van der Waals surface area contributed by atoms with Crippen molar-refractivity contribution in [1.82, 2.24) is 9.55 Å². The third-order valence-corrected chi connectivity index (χ3v) is 3.06. The lowest BCUT2D eigenvalue weighted by molar-refractivity contribution is 0.532. The van der Waals surface area contributed by atoms with Gasteiger partial charge in [0.15, 0.2) is 0 Å². The van der Waals surface area contributed by atoms with Crippen LogP contribution in [0.2, 0.25) is 0 Å². The maximum Gasteiger partial charge on any atom is 0.106 e. The summed E-state index contributed by atoms with van der Waals surface area (Å²) in [4.78, 5) is 14.3. The van der Waals surface area contributed by atoms with Crippen molar-refractivity contribution in [1.29, 1.82) is 0 Å². The molecule has 0 radical (unpaired) electrons. The molecule has 4 heteroatoms. The van der Waals surface area contributed by atoms with Crippen LogP contribution in [0.1, 0.15) is 36.9 Å². The zero-order chi connectivity index (χ0) is 12.8. The number of rotatable bonds is 6. The Morgan fingerprint density at radius 2 is 2.11 bits per heavy atom. The van der Waals surface area contributed by atoms with Crippen LogP contribution in [0.25, 0.3) is 0 Å². The van der Waals surface area contributed by atoms with Gasteiger partial charge in [-0.1, -0.05) is 42.8 Å². The third kappa shape index (κ3) is 2.83. The van der Waals surface area contributed by atoms with Gasteiger partial charge in [0.25, 0.3) is 0 Å². The van der Waals surface area contributed by atoms with Crippen molar-refractivity contribution < 1.29 is 0 Å². The standard InChI is InChI=1S/C14H17N3O/c1-2-3-14(17-9-8-15-11-17)13-6-4-12(5-7-13)10-16-18/h4-9,11,14H,2-3,10H2,1H3. The summed E-state index contributed by atoms with van der Waals surface area (Å²) in [6, 6.07) is 8.39. The van der Waals surface area contributed by atoms with Crippen LogP contribution >= 0.6 is 0 Å². The molecule has 2 aromatic rings. The minimum Gasteiger partial charge on any atom is -0.330 e. The second-order valence-electron chi connectivity index (χ2n) is 4.34. The van der Waals surface area contributed by atoms with E-state index in [-0.39, 0.29) is 6.54 Å². The van der Waals surface area contributed by atoms with Gasteiger partial charge in [0, 0.05) is 12.4 Å². The van der Waals surface area contributed by atoms with Crippen LogP contribution in [0.4, 0.5) is 0 Å². The predicted molar refractivity (Wildman–Crippen MR) is 71.2 cm³/mol. The Balaban J connectivity index is 2.23. The second kappa shape index (κ2) is 6.10. The first-order valence-electron chi connectivity index (χ1n) is 6.20. The largest absolute Gasteiger partial charge is 0.330 e. The highest BCUT2D eigenvalue weighted by molar-refractivity contribution is 5.25. The smallest absolute Gasteiger partial charge is 0.106 e. The molecule has 1 aromatic carbocycles. The Labute approximate surface area is 107 Å². The summed E-state index contributed by atoms with van der Waals surface area (Å²) < 4.78 is 2.12. The van der Waals surface area contributed by atoms with Gasteiger partial charge in [0.2, 0.25) is 0 Å². The van der Waals surface area contributed by atoms with Crippen molar-refractivity contribution in [3.8, 4) is 0 Å². The van der Waals surface area contributed by atoms with E-state index in [1.54, 1.807) is 6.20 Å². The number of imidazole rings is 1. The molecule has 0 bridgehead atoms. The Hall–Kier alpha value is -1.97. The number of aromatic nitrogens is 2. The Morgan fingerprint density at radius 1 is 1.33 bits per heavy atom. The normalized spacial score (nSPS) is 12.3. The molecule has 1 unspecified atom stereocenters. The number of nitrogens with zero attached hydrogens (tertiary/aromatic N) is 3. The molecule has 18 heavy (non-hydrogen) atoms. The monoisotopic (exact) mass is 243 g/mol. The van der Waals surface area contributed by atoms with Gasteiger partial charge in [-0.25, -0.2) is 4.98 Å². The van der Waals surface area contributed by atoms with Crippen LogP contribution in [-0.4, -0.2) is 9.55 Å². The summed E-state index contributed by atoms with van der Waals surface area (Å²) in [7, 11) is 0. The van der Waals surface area contributed by atoms with Crippen LogP contribution in [0.5, 0.6) is 0 Å². The highest BCUT2D eigenvalue weighted by Crippen LogP contribution is 2.23. The van der Waals surface area contributed by atoms with Crippen LogP contribution in [0.3, 0.4) is 0 Å². The first-order valence-corrected chi connectivity index (χ1v) is 6.20. The van der Waals surface area contributed by atoms with Crippen LogP contribution in [-0.2, 0) is 6.54 Å². The van der Waals surface area contributed by atoms with E-state index in [0.29, 0.717) is 6.04 Å². The third-order valence-electron chi connectivity index (χ3n) is 3.06. The number of hydrogen-bond acceptors (Lipinski definition) is 3. The minimum atomic E-state index is 0.240. The molecule has 0 fully saturated rings. The van der Waals surface area contributed by atoms with Gasteiger partial charge < -0.3 is 4.57 Å². The Bertz CT molecular complexity index is 476. The summed E-state index contributed by atoms with van der Waals surface area (Å²) in [5.41, 5.74) is 2.19. The average molecular weight is 243 g/mol. The fraction of sp³-hybridized carbons (Fsp3) is 0.357. The molecule has 0 aliphatic rings. The van der Waals surface area contributed by atoms with Crippen LogP contribution in [0.15, 0.2) is 48.2 Å². The molecule has 0 aliphatic heterocycles. The lowest BCUT2D eigenvalue weighted by Gasteiger charge is -2.18. The maximum atomic E-state index is 10.2. The molecule has 2 rings (SSSR count). The van der Waals surface area contributed by atoms with E-state index < -0.39 is 0 Å². The summed E-state index contributed by atoms with van der Waals surface area (Å²) in [5, 5.41) is 2.90. The van der Waals surface area contributed by atoms with E-state index in [4.69, 9.17) is 0 Å². The molecule has 0 saturated carbocycles. The molecular formula is C14H17N3O. The Kier molecular flexibility index (Phi) is 4.23. The molecular weight excluding hydrogens is 226 g/mol. The summed E-state index contributed by atoms with van der Waals surface area (Å²) in [6.07, 6.45) is 7.82. The number of hydrogen-bond donors (Lipinski definition) is 0. The van der Waals surface area contributed by atoms with Crippen molar-refractivity contribution >= 4 is 0 Å². The van der Waals surface area contributed by atoms with Gasteiger partial charge in [-0.05, 0) is 17.5 Å². The zero-order valence-corrected chi connectivity index (χ0v) is 10.5. The van der Waals surface area contributed by atoms with E-state index in [1.165, 1.54) is 5.56 Å². The molecule has 1 heterocycles. The highest BCUT2D eigenvalue weighted by atomic mass is 16.3. The van der Waals surface area contributed by atoms with Gasteiger partial charge in [-0.2, -0.15) is 4.91 Å². The van der Waals surface area contributed by atoms with Gasteiger partial charge in [0.1, 0.15) is 6.54 Å². The average Bonchev–Trinajstić information content (AvgIpc) is 2.91. The minimum absolute atomic E-state index is 0.240. The van der Waals surface area contributed by atoms with Crippen LogP contribution in [0, 0.1) is 4.91 Å². The van der Waals surface area contributed by atoms with Gasteiger partial charge >= 0.3 is 0 Å². The van der Waals surface area contributed by atoms with Crippen molar-refractivity contribution in [3.63, 3.8) is 0 Å². The predicted octanol–water partition coefficient (Wildman–Crippen LogP) is 3.54. The van der Waals surface area contributed by atoms with E-state index in [1.807, 2.05) is 24.7 Å². The lowest BCUT2D eigenvalue weighted by Crippen LogP contribution is -2.08. The molecule has 1 atom stereocenters. The molecule has 4 nitrogen and oxygen atoms in total. The number of benzene rings is 1. The van der Waals surface area contributed by atoms with Gasteiger partial charge in [0.05, 0.1) is 12.4 Å². The summed E-state index contributed by atoms with van der Waals surface area (Å²) in [5.74, 6) is 0. The van der Waals surface area contributed by atoms with Crippen molar-refractivity contribution in [2.45, 2.75) is 32.4 Å². The van der Waals surface area contributed by atoms with E-state index >= 15 is 0 Å². The molecule has 1 aromatic heterocycles. The lowest BCUT2D eigenvalue weighted by atomic mass is 10.0. The zero-order valence-electron chi connectivity index (χ0n) is 10.5. The van der Waals surface area contributed by atoms with Crippen molar-refractivity contribution in [3.05, 3.63) is 59.0 Å². The first-order chi connectivity index (χ1) is 8.85. The highest BCUT2D eigenvalue weighted by Gasteiger charge is 2.11. The van der Waals surface area contributed by atoms with Crippen molar-refractivity contribution in [2.24, 2.45) is 5.18 Å². The van der Waals surface area contributed by atoms with Gasteiger partial charge in [-0.15, -0.1) is 0 Å². The molecule has 0 saturated heterocycles. The van der Waals surface area contributed by atoms with Gasteiger partial charge in [-0.3, -0.25) is 0 Å². The van der Waals surface area contributed by atoms with E-state index in [9.17, 15) is 4.91 Å². The second-order valence-corrected chi connectivity index (χ2v) is 4.34. The molecule has 0 aliphatic carbocycles. The fourth-order valence-corrected chi connectivity index (χ4v) is 2.13. The Morgan fingerprint density at radius 3 is 2.67 bits per heavy atom. The maximum absolute atomic E-state index is 10.2. The first kappa shape index (κ1) is 12.5. The molecule has 0 N–H and O–H groups in total. The quantitative estimate of drug-likeness (QED) is 0.728. The summed E-state index contributed by atoms with van der Waals surface area (Å²) >= 11 is 0. The van der Waals surface area contributed by atoms with E-state index in [0.717, 1.165) is 18.4 Å². The summed E-state index contributed by atoms with van der Waals surface area (Å²) in [6.45, 7) is 2.42. The fourth-order valence-electron chi connectivity index (χ4n) is 2.13. The molecule has 0 spiro atoms. The SMILES string of the molecule is CCCC(c1ccc(CN=O)cc1)n1ccnc1. The number of nitroso groups, excluding NO2 is 1. The molecule has 94 valence electrons.